The number of hydrogen-bond acceptors (Lipinski definition) is 2. The number of halogens is 1. The Hall–Kier alpha value is -1.06. The van der Waals surface area contributed by atoms with Gasteiger partial charge in [-0.3, -0.25) is 4.79 Å². The molecule has 2 rings (SSSR count). The van der Waals surface area contributed by atoms with Crippen molar-refractivity contribution in [3.05, 3.63) is 34.9 Å². The molecular weight excluding hydrogens is 308 g/mol. The molecule has 4 heteroatoms. The lowest BCUT2D eigenvalue weighted by Gasteiger charge is -2.35. The normalized spacial score (nSPS) is 18.8. The maximum absolute atomic E-state index is 11.9. The number of benzene rings is 1. The van der Waals surface area contributed by atoms with Gasteiger partial charge in [0.15, 0.2) is 0 Å². The van der Waals surface area contributed by atoms with Crippen molar-refractivity contribution < 1.29 is 4.79 Å². The van der Waals surface area contributed by atoms with Crippen molar-refractivity contribution in [3.63, 3.8) is 0 Å². The third-order valence-corrected chi connectivity index (χ3v) is 4.97. The van der Waals surface area contributed by atoms with Crippen molar-refractivity contribution in [3.8, 4) is 0 Å². The van der Waals surface area contributed by atoms with Crippen LogP contribution in [-0.2, 0) is 11.2 Å². The van der Waals surface area contributed by atoms with Crippen LogP contribution in [0, 0.1) is 0 Å². The zero-order valence-electron chi connectivity index (χ0n) is 14.2. The van der Waals surface area contributed by atoms with E-state index < -0.39 is 0 Å². The Kier molecular flexibility index (Phi) is 7.90. The van der Waals surface area contributed by atoms with Crippen molar-refractivity contribution in [2.24, 2.45) is 0 Å². The van der Waals surface area contributed by atoms with Crippen molar-refractivity contribution in [1.82, 2.24) is 10.2 Å². The Morgan fingerprint density at radius 1 is 1.30 bits per heavy atom. The molecule has 1 aliphatic heterocycles. The van der Waals surface area contributed by atoms with Crippen molar-refractivity contribution >= 4 is 17.5 Å². The molecule has 23 heavy (non-hydrogen) atoms. The predicted molar refractivity (Wildman–Crippen MR) is 96.9 cm³/mol. The van der Waals surface area contributed by atoms with Crippen LogP contribution < -0.4 is 5.32 Å². The topological polar surface area (TPSA) is 32.3 Å². The standard InChI is InChI=1S/C19H29ClN2O/c1-2-18-6-3-4-14-22(18)15-5-13-21-19(23)12-9-16-7-10-17(20)11-8-16/h7-8,10-11,18H,2-6,9,12-15H2,1H3,(H,21,23). The number of amides is 1. The summed E-state index contributed by atoms with van der Waals surface area (Å²) in [6, 6.07) is 8.47. The number of nitrogens with zero attached hydrogens (tertiary/aromatic N) is 1. The third-order valence-electron chi connectivity index (χ3n) is 4.72. The minimum atomic E-state index is 0.144. The molecule has 1 fully saturated rings. The summed E-state index contributed by atoms with van der Waals surface area (Å²) in [7, 11) is 0. The van der Waals surface area contributed by atoms with E-state index in [2.05, 4.69) is 17.1 Å². The van der Waals surface area contributed by atoms with Gasteiger partial charge < -0.3 is 10.2 Å². The minimum Gasteiger partial charge on any atom is -0.356 e. The zero-order valence-corrected chi connectivity index (χ0v) is 14.9. The van der Waals surface area contributed by atoms with Crippen LogP contribution in [0.1, 0.15) is 51.0 Å². The van der Waals surface area contributed by atoms with E-state index in [1.807, 2.05) is 24.3 Å². The second-order valence-electron chi connectivity index (χ2n) is 6.42. The first-order chi connectivity index (χ1) is 11.2. The van der Waals surface area contributed by atoms with Gasteiger partial charge in [0, 0.05) is 30.6 Å². The summed E-state index contributed by atoms with van der Waals surface area (Å²) in [5, 5.41) is 3.78. The Balaban J connectivity index is 1.58. The molecule has 1 atom stereocenters. The van der Waals surface area contributed by atoms with Gasteiger partial charge in [0.1, 0.15) is 0 Å². The number of carbonyl (C=O) groups excluding carboxylic acids is 1. The lowest BCUT2D eigenvalue weighted by molar-refractivity contribution is -0.121. The fourth-order valence-corrected chi connectivity index (χ4v) is 3.45. The van der Waals surface area contributed by atoms with Crippen LogP contribution in [0.25, 0.3) is 0 Å². The molecule has 0 bridgehead atoms. The molecule has 0 aromatic heterocycles. The third kappa shape index (κ3) is 6.52. The molecule has 128 valence electrons. The number of carbonyl (C=O) groups is 1. The second kappa shape index (κ2) is 9.94. The van der Waals surface area contributed by atoms with E-state index in [9.17, 15) is 4.79 Å². The van der Waals surface area contributed by atoms with Gasteiger partial charge in [-0.25, -0.2) is 0 Å². The van der Waals surface area contributed by atoms with Crippen LogP contribution in [0.2, 0.25) is 5.02 Å². The van der Waals surface area contributed by atoms with Crippen LogP contribution in [0.15, 0.2) is 24.3 Å². The smallest absolute Gasteiger partial charge is 0.220 e. The first-order valence-corrected chi connectivity index (χ1v) is 9.32. The minimum absolute atomic E-state index is 0.144. The summed E-state index contributed by atoms with van der Waals surface area (Å²) in [4.78, 5) is 14.5. The van der Waals surface area contributed by atoms with Gasteiger partial charge in [-0.05, 0) is 56.3 Å². The molecule has 1 unspecified atom stereocenters. The number of piperidine rings is 1. The van der Waals surface area contributed by atoms with E-state index >= 15 is 0 Å². The summed E-state index contributed by atoms with van der Waals surface area (Å²) in [6.45, 7) is 5.40. The van der Waals surface area contributed by atoms with Gasteiger partial charge in [0.2, 0.25) is 5.91 Å². The summed E-state index contributed by atoms with van der Waals surface area (Å²) in [5.41, 5.74) is 1.16. The Bertz CT molecular complexity index is 475. The highest BCUT2D eigenvalue weighted by Gasteiger charge is 2.19. The molecule has 1 aromatic rings. The van der Waals surface area contributed by atoms with Gasteiger partial charge in [0.25, 0.3) is 0 Å². The zero-order chi connectivity index (χ0) is 16.5. The first-order valence-electron chi connectivity index (χ1n) is 8.94. The van der Waals surface area contributed by atoms with Gasteiger partial charge >= 0.3 is 0 Å². The SMILES string of the molecule is CCC1CCCCN1CCCNC(=O)CCc1ccc(Cl)cc1. The van der Waals surface area contributed by atoms with Crippen LogP contribution in [0.4, 0.5) is 0 Å². The molecule has 3 nitrogen and oxygen atoms in total. The van der Waals surface area contributed by atoms with Crippen LogP contribution in [-0.4, -0.2) is 36.5 Å². The number of likely N-dealkylation sites (tertiary alicyclic amines) is 1. The molecule has 0 spiro atoms. The van der Waals surface area contributed by atoms with E-state index in [0.29, 0.717) is 6.42 Å². The Labute approximate surface area is 145 Å². The lowest BCUT2D eigenvalue weighted by Crippen LogP contribution is -2.40. The lowest BCUT2D eigenvalue weighted by atomic mass is 10.00. The fraction of sp³-hybridized carbons (Fsp3) is 0.632. The van der Waals surface area contributed by atoms with E-state index in [1.54, 1.807) is 0 Å². The highest BCUT2D eigenvalue weighted by molar-refractivity contribution is 6.30. The summed E-state index contributed by atoms with van der Waals surface area (Å²) < 4.78 is 0. The number of nitrogens with one attached hydrogen (secondary N) is 1. The van der Waals surface area contributed by atoms with Crippen LogP contribution in [0.3, 0.4) is 0 Å². The maximum atomic E-state index is 11.9. The quantitative estimate of drug-likeness (QED) is 0.726. The van der Waals surface area contributed by atoms with E-state index in [4.69, 9.17) is 11.6 Å². The summed E-state index contributed by atoms with van der Waals surface area (Å²) in [5.74, 6) is 0.144. The molecular formula is C19H29ClN2O. The van der Waals surface area contributed by atoms with Crippen LogP contribution >= 0.6 is 11.6 Å². The van der Waals surface area contributed by atoms with Crippen molar-refractivity contribution in [2.45, 2.75) is 57.9 Å². The molecule has 1 saturated heterocycles. The Morgan fingerprint density at radius 2 is 2.09 bits per heavy atom. The fourth-order valence-electron chi connectivity index (χ4n) is 3.32. The van der Waals surface area contributed by atoms with E-state index in [-0.39, 0.29) is 5.91 Å². The van der Waals surface area contributed by atoms with Gasteiger partial charge in [-0.2, -0.15) is 0 Å². The average molecular weight is 337 g/mol. The average Bonchev–Trinajstić information content (AvgIpc) is 2.58. The molecule has 0 radical (unpaired) electrons. The number of rotatable bonds is 8. The van der Waals surface area contributed by atoms with Gasteiger partial charge in [-0.15, -0.1) is 0 Å². The predicted octanol–water partition coefficient (Wildman–Crippen LogP) is 4.04. The number of aryl methyl sites for hydroxylation is 1. The second-order valence-corrected chi connectivity index (χ2v) is 6.86. The highest BCUT2D eigenvalue weighted by Crippen LogP contribution is 2.19. The molecule has 1 aromatic carbocycles. The van der Waals surface area contributed by atoms with E-state index in [1.165, 1.54) is 32.2 Å². The van der Waals surface area contributed by atoms with E-state index in [0.717, 1.165) is 42.6 Å². The van der Waals surface area contributed by atoms with Crippen molar-refractivity contribution in [2.75, 3.05) is 19.6 Å². The maximum Gasteiger partial charge on any atom is 0.220 e. The molecule has 1 aliphatic rings. The molecule has 0 saturated carbocycles. The molecule has 1 amide bonds. The van der Waals surface area contributed by atoms with Gasteiger partial charge in [0.05, 0.1) is 0 Å². The van der Waals surface area contributed by atoms with Crippen molar-refractivity contribution in [1.29, 1.82) is 0 Å². The van der Waals surface area contributed by atoms with Crippen LogP contribution in [0.5, 0.6) is 0 Å². The van der Waals surface area contributed by atoms with Gasteiger partial charge in [-0.1, -0.05) is 37.1 Å². The Morgan fingerprint density at radius 3 is 2.83 bits per heavy atom. The molecule has 0 aliphatic carbocycles. The summed E-state index contributed by atoms with van der Waals surface area (Å²) >= 11 is 5.86. The number of hydrogen-bond donors (Lipinski definition) is 1. The molecule has 1 heterocycles. The first kappa shape index (κ1) is 18.3. The highest BCUT2D eigenvalue weighted by atomic mass is 35.5. The summed E-state index contributed by atoms with van der Waals surface area (Å²) in [6.07, 6.45) is 7.64. The largest absolute Gasteiger partial charge is 0.356 e. The molecule has 1 N–H and O–H groups in total. The monoisotopic (exact) mass is 336 g/mol.